The number of nitrogens with zero attached hydrogens (tertiary/aromatic N) is 1. The van der Waals surface area contributed by atoms with Crippen LogP contribution in [-0.2, 0) is 9.53 Å². The second-order valence-corrected chi connectivity index (χ2v) is 4.65. The molecule has 0 aliphatic heterocycles. The number of rotatable bonds is 4. The van der Waals surface area contributed by atoms with Gasteiger partial charge in [0.05, 0.1) is 12.3 Å². The van der Waals surface area contributed by atoms with Crippen LogP contribution in [0.15, 0.2) is 54.2 Å². The van der Waals surface area contributed by atoms with Crippen molar-refractivity contribution < 1.29 is 9.53 Å². The number of esters is 1. The zero-order valence-corrected chi connectivity index (χ0v) is 11.3. The third kappa shape index (κ3) is 2.48. The molecule has 0 N–H and O–H groups in total. The molecule has 0 atom stereocenters. The maximum atomic E-state index is 11.6. The lowest BCUT2D eigenvalue weighted by Gasteiger charge is -2.01. The fraction of sp³-hybridized carbons (Fsp3) is 0.176. The van der Waals surface area contributed by atoms with E-state index >= 15 is 0 Å². The third-order valence-corrected chi connectivity index (χ3v) is 3.30. The van der Waals surface area contributed by atoms with Crippen LogP contribution in [0, 0.1) is 0 Å². The lowest BCUT2D eigenvalue weighted by molar-refractivity contribution is -0.138. The van der Waals surface area contributed by atoms with Gasteiger partial charge < -0.3 is 4.74 Å². The van der Waals surface area contributed by atoms with E-state index in [4.69, 9.17) is 4.74 Å². The van der Waals surface area contributed by atoms with Gasteiger partial charge in [-0.15, -0.1) is 0 Å². The first kappa shape index (κ1) is 12.6. The van der Waals surface area contributed by atoms with Crippen LogP contribution in [0.3, 0.4) is 0 Å². The zero-order valence-electron chi connectivity index (χ0n) is 11.3. The maximum Gasteiger partial charge on any atom is 0.334 e. The topological polar surface area (TPSA) is 39.2 Å². The highest BCUT2D eigenvalue weighted by Crippen LogP contribution is 2.40. The number of hydrogen-bond donors (Lipinski definition) is 0. The van der Waals surface area contributed by atoms with E-state index in [9.17, 15) is 4.79 Å². The highest BCUT2D eigenvalue weighted by molar-refractivity contribution is 6.08. The number of hydrogen-bond acceptors (Lipinski definition) is 3. The van der Waals surface area contributed by atoms with Crippen LogP contribution in [0.2, 0.25) is 0 Å². The molecule has 2 aromatic rings. The van der Waals surface area contributed by atoms with Crippen LogP contribution >= 0.6 is 0 Å². The normalized spacial score (nSPS) is 13.2. The smallest absolute Gasteiger partial charge is 0.334 e. The molecule has 3 nitrogen and oxygen atoms in total. The van der Waals surface area contributed by atoms with Crippen LogP contribution in [0.1, 0.15) is 18.9 Å². The van der Waals surface area contributed by atoms with Crippen molar-refractivity contribution in [3.63, 3.8) is 0 Å². The number of allylic oxidation sites excluding steroid dienone is 1. The summed E-state index contributed by atoms with van der Waals surface area (Å²) >= 11 is 0. The number of carbonyl (C=O) groups excluding carboxylic acids is 1. The molecule has 0 spiro atoms. The molecule has 1 aliphatic carbocycles. The van der Waals surface area contributed by atoms with Gasteiger partial charge >= 0.3 is 5.97 Å². The highest BCUT2D eigenvalue weighted by Gasteiger charge is 2.30. The lowest BCUT2D eigenvalue weighted by atomic mass is 10.1. The zero-order chi connectivity index (χ0) is 13.9. The van der Waals surface area contributed by atoms with E-state index in [2.05, 4.69) is 4.98 Å². The quantitative estimate of drug-likeness (QED) is 0.795. The minimum atomic E-state index is -0.199. The van der Waals surface area contributed by atoms with E-state index in [-0.39, 0.29) is 5.97 Å². The van der Waals surface area contributed by atoms with Gasteiger partial charge in [0, 0.05) is 23.8 Å². The highest BCUT2D eigenvalue weighted by atomic mass is 16.5. The average Bonchev–Trinajstić information content (AvgIpc) is 3.29. The van der Waals surface area contributed by atoms with Crippen LogP contribution in [0.4, 0.5) is 0 Å². The van der Waals surface area contributed by atoms with Crippen molar-refractivity contribution >= 4 is 11.5 Å². The summed E-state index contributed by atoms with van der Waals surface area (Å²) < 4.78 is 4.99. The van der Waals surface area contributed by atoms with E-state index < -0.39 is 0 Å². The van der Waals surface area contributed by atoms with Gasteiger partial charge in [0.15, 0.2) is 0 Å². The largest absolute Gasteiger partial charge is 0.463 e. The molecule has 3 rings (SSSR count). The van der Waals surface area contributed by atoms with Gasteiger partial charge in [-0.25, -0.2) is 4.79 Å². The molecule has 1 aromatic heterocycles. The third-order valence-electron chi connectivity index (χ3n) is 3.30. The summed E-state index contributed by atoms with van der Waals surface area (Å²) in [5, 5.41) is 0. The van der Waals surface area contributed by atoms with Gasteiger partial charge in [-0.05, 0) is 24.1 Å². The predicted octanol–water partition coefficient (Wildman–Crippen LogP) is 3.47. The number of aromatic nitrogens is 1. The minimum Gasteiger partial charge on any atom is -0.463 e. The molecule has 1 aromatic carbocycles. The summed E-state index contributed by atoms with van der Waals surface area (Å²) in [6, 6.07) is 14.0. The van der Waals surface area contributed by atoms with E-state index in [1.165, 1.54) is 0 Å². The predicted molar refractivity (Wildman–Crippen MR) is 77.8 cm³/mol. The van der Waals surface area contributed by atoms with Gasteiger partial charge in [-0.2, -0.15) is 0 Å². The second-order valence-electron chi connectivity index (χ2n) is 4.65. The molecule has 0 radical (unpaired) electrons. The molecular formula is C17H15NO2. The summed E-state index contributed by atoms with van der Waals surface area (Å²) in [6.45, 7) is 2.23. The first-order valence-corrected chi connectivity index (χ1v) is 6.70. The first-order valence-electron chi connectivity index (χ1n) is 6.70. The Kier molecular flexibility index (Phi) is 3.33. The Bertz CT molecular complexity index is 657. The number of benzene rings is 1. The fourth-order valence-corrected chi connectivity index (χ4v) is 2.17. The number of pyridine rings is 1. The summed E-state index contributed by atoms with van der Waals surface area (Å²) in [5.74, 6) is -0.199. The van der Waals surface area contributed by atoms with Gasteiger partial charge in [0.2, 0.25) is 0 Å². The monoisotopic (exact) mass is 265 g/mol. The Hall–Kier alpha value is -2.42. The molecule has 0 bridgehead atoms. The van der Waals surface area contributed by atoms with Crippen LogP contribution < -0.4 is 0 Å². The average molecular weight is 265 g/mol. The summed E-state index contributed by atoms with van der Waals surface area (Å²) in [6.07, 6.45) is 2.54. The molecule has 20 heavy (non-hydrogen) atoms. The van der Waals surface area contributed by atoms with Crippen molar-refractivity contribution in [3.05, 3.63) is 59.8 Å². The molecule has 0 saturated carbocycles. The Labute approximate surface area is 117 Å². The van der Waals surface area contributed by atoms with Crippen molar-refractivity contribution in [3.8, 4) is 11.3 Å². The molecule has 0 amide bonds. The van der Waals surface area contributed by atoms with Crippen molar-refractivity contribution in [2.45, 2.75) is 13.3 Å². The molecule has 3 heteroatoms. The van der Waals surface area contributed by atoms with Gasteiger partial charge in [0.25, 0.3) is 0 Å². The van der Waals surface area contributed by atoms with Gasteiger partial charge in [-0.1, -0.05) is 36.4 Å². The van der Waals surface area contributed by atoms with E-state index in [1.54, 1.807) is 0 Å². The van der Waals surface area contributed by atoms with Crippen LogP contribution in [-0.4, -0.2) is 17.6 Å². The van der Waals surface area contributed by atoms with Gasteiger partial charge in [-0.3, -0.25) is 4.98 Å². The minimum absolute atomic E-state index is 0.199. The Morgan fingerprint density at radius 1 is 1.15 bits per heavy atom. The molecular weight excluding hydrogens is 250 g/mol. The standard InChI is InChI=1S/C17H15NO2/c1-2-20-17(19)15-10-14(15)13-8-9-16(18-11-13)12-6-4-3-5-7-12/h3-9,11H,2,10H2,1H3. The molecule has 0 unspecified atom stereocenters. The maximum absolute atomic E-state index is 11.6. The van der Waals surface area contributed by atoms with Crippen LogP contribution in [0.5, 0.6) is 0 Å². The van der Waals surface area contributed by atoms with Gasteiger partial charge in [0.1, 0.15) is 0 Å². The molecule has 1 aliphatic rings. The molecule has 0 saturated heterocycles. The van der Waals surface area contributed by atoms with Crippen molar-refractivity contribution in [1.82, 2.24) is 4.98 Å². The summed E-state index contributed by atoms with van der Waals surface area (Å²) in [7, 11) is 0. The Balaban J connectivity index is 1.80. The second kappa shape index (κ2) is 5.29. The fourth-order valence-electron chi connectivity index (χ4n) is 2.17. The van der Waals surface area contributed by atoms with Crippen LogP contribution in [0.25, 0.3) is 16.8 Å². The summed E-state index contributed by atoms with van der Waals surface area (Å²) in [5.41, 5.74) is 4.87. The van der Waals surface area contributed by atoms with Crippen molar-refractivity contribution in [1.29, 1.82) is 0 Å². The number of carbonyl (C=O) groups is 1. The van der Waals surface area contributed by atoms with E-state index in [1.807, 2.05) is 55.6 Å². The number of ether oxygens (including phenoxy) is 1. The van der Waals surface area contributed by atoms with Crippen molar-refractivity contribution in [2.24, 2.45) is 0 Å². The van der Waals surface area contributed by atoms with E-state index in [0.717, 1.165) is 28.0 Å². The Morgan fingerprint density at radius 3 is 2.60 bits per heavy atom. The van der Waals surface area contributed by atoms with Crippen molar-refractivity contribution in [2.75, 3.05) is 6.61 Å². The molecule has 1 heterocycles. The van der Waals surface area contributed by atoms with E-state index in [0.29, 0.717) is 13.0 Å². The first-order chi connectivity index (χ1) is 9.79. The molecule has 0 fully saturated rings. The SMILES string of the molecule is CCOC(=O)C1=C(c2ccc(-c3ccccc3)nc2)C1. The lowest BCUT2D eigenvalue weighted by Crippen LogP contribution is -2.00. The summed E-state index contributed by atoms with van der Waals surface area (Å²) in [4.78, 5) is 16.0. The Morgan fingerprint density at radius 2 is 1.95 bits per heavy atom. The molecule has 100 valence electrons.